The third-order valence-electron chi connectivity index (χ3n) is 2.64. The molecule has 0 aliphatic heterocycles. The number of nitrogens with zero attached hydrogens (tertiary/aromatic N) is 2. The second kappa shape index (κ2) is 7.88. The molecular formula is C13H15Cl2N3OS. The highest BCUT2D eigenvalue weighted by Crippen LogP contribution is 2.27. The van der Waals surface area contributed by atoms with Crippen molar-refractivity contribution in [2.45, 2.75) is 30.2 Å². The van der Waals surface area contributed by atoms with Crippen molar-refractivity contribution >= 4 is 35.0 Å². The van der Waals surface area contributed by atoms with Crippen LogP contribution in [0.25, 0.3) is 0 Å². The van der Waals surface area contributed by atoms with Crippen LogP contribution in [0.2, 0.25) is 10.0 Å². The fraction of sp³-hybridized carbons (Fsp3) is 0.385. The fourth-order valence-electron chi connectivity index (χ4n) is 1.59. The average molecular weight is 332 g/mol. The van der Waals surface area contributed by atoms with Crippen molar-refractivity contribution in [1.82, 2.24) is 10.2 Å². The maximum absolute atomic E-state index is 5.97. The number of nitrogens with two attached hydrogens (primary N) is 1. The van der Waals surface area contributed by atoms with Crippen molar-refractivity contribution in [1.29, 1.82) is 0 Å². The van der Waals surface area contributed by atoms with E-state index in [-0.39, 0.29) is 0 Å². The second-order valence-corrected chi connectivity index (χ2v) is 5.99. The Morgan fingerprint density at radius 2 is 2.00 bits per heavy atom. The van der Waals surface area contributed by atoms with Crippen LogP contribution >= 0.6 is 35.0 Å². The van der Waals surface area contributed by atoms with E-state index in [4.69, 9.17) is 33.4 Å². The number of thioether (sulfide) groups is 1. The zero-order chi connectivity index (χ0) is 14.4. The standard InChI is InChI=1S/C13H15Cl2N3OS/c14-10-5-4-9(7-11(10)15)8-20-13-18-17-12(19-13)3-1-2-6-16/h4-5,7H,1-3,6,8,16H2. The topological polar surface area (TPSA) is 64.9 Å². The number of aryl methyl sites for hydroxylation is 1. The predicted molar refractivity (Wildman–Crippen MR) is 82.3 cm³/mol. The first kappa shape index (κ1) is 15.6. The molecule has 1 heterocycles. The molecule has 0 spiro atoms. The SMILES string of the molecule is NCCCCc1nnc(SCc2ccc(Cl)c(Cl)c2)o1. The number of hydrogen-bond acceptors (Lipinski definition) is 5. The monoisotopic (exact) mass is 331 g/mol. The van der Waals surface area contributed by atoms with Gasteiger partial charge in [0.2, 0.25) is 5.89 Å². The third-order valence-corrected chi connectivity index (χ3v) is 4.27. The first-order chi connectivity index (χ1) is 9.69. The molecule has 1 aromatic heterocycles. The van der Waals surface area contributed by atoms with Crippen LogP contribution in [-0.4, -0.2) is 16.7 Å². The van der Waals surface area contributed by atoms with Crippen molar-refractivity contribution in [3.63, 3.8) is 0 Å². The largest absolute Gasteiger partial charge is 0.416 e. The Kier molecular flexibility index (Phi) is 6.16. The lowest BCUT2D eigenvalue weighted by Crippen LogP contribution is -1.98. The van der Waals surface area contributed by atoms with E-state index in [1.807, 2.05) is 12.1 Å². The zero-order valence-corrected chi connectivity index (χ0v) is 13.1. The summed E-state index contributed by atoms with van der Waals surface area (Å²) >= 11 is 13.3. The molecule has 0 atom stereocenters. The van der Waals surface area contributed by atoms with Crippen molar-refractivity contribution < 1.29 is 4.42 Å². The van der Waals surface area contributed by atoms with Gasteiger partial charge in [0.05, 0.1) is 10.0 Å². The maximum atomic E-state index is 5.97. The number of rotatable bonds is 7. The van der Waals surface area contributed by atoms with E-state index in [1.165, 1.54) is 11.8 Å². The number of aromatic nitrogens is 2. The van der Waals surface area contributed by atoms with Crippen LogP contribution in [0.1, 0.15) is 24.3 Å². The molecule has 0 saturated heterocycles. The molecule has 0 bridgehead atoms. The molecule has 7 heteroatoms. The van der Waals surface area contributed by atoms with E-state index in [9.17, 15) is 0 Å². The minimum Gasteiger partial charge on any atom is -0.416 e. The number of unbranched alkanes of at least 4 members (excludes halogenated alkanes) is 1. The smallest absolute Gasteiger partial charge is 0.276 e. The van der Waals surface area contributed by atoms with Crippen molar-refractivity contribution in [2.75, 3.05) is 6.54 Å². The van der Waals surface area contributed by atoms with Gasteiger partial charge in [0.1, 0.15) is 0 Å². The van der Waals surface area contributed by atoms with Crippen molar-refractivity contribution in [3.8, 4) is 0 Å². The molecule has 2 aromatic rings. The van der Waals surface area contributed by atoms with Gasteiger partial charge in [0.15, 0.2) is 0 Å². The molecule has 1 aromatic carbocycles. The summed E-state index contributed by atoms with van der Waals surface area (Å²) in [6.45, 7) is 0.688. The van der Waals surface area contributed by atoms with E-state index in [2.05, 4.69) is 10.2 Å². The Balaban J connectivity index is 1.85. The van der Waals surface area contributed by atoms with Gasteiger partial charge in [0.25, 0.3) is 5.22 Å². The van der Waals surface area contributed by atoms with Crippen LogP contribution in [0.4, 0.5) is 0 Å². The molecule has 2 N–H and O–H groups in total. The molecule has 0 radical (unpaired) electrons. The molecule has 0 saturated carbocycles. The summed E-state index contributed by atoms with van der Waals surface area (Å²) in [6, 6.07) is 5.56. The molecule has 0 amide bonds. The first-order valence-electron chi connectivity index (χ1n) is 6.28. The Bertz CT molecular complexity index is 562. The van der Waals surface area contributed by atoms with Gasteiger partial charge in [-0.3, -0.25) is 0 Å². The van der Waals surface area contributed by atoms with Gasteiger partial charge in [0, 0.05) is 12.2 Å². The highest BCUT2D eigenvalue weighted by molar-refractivity contribution is 7.98. The van der Waals surface area contributed by atoms with Gasteiger partial charge in [-0.15, -0.1) is 10.2 Å². The van der Waals surface area contributed by atoms with Gasteiger partial charge < -0.3 is 10.2 Å². The summed E-state index contributed by atoms with van der Waals surface area (Å²) in [4.78, 5) is 0. The molecule has 0 unspecified atom stereocenters. The quantitative estimate of drug-likeness (QED) is 0.614. The first-order valence-corrected chi connectivity index (χ1v) is 8.02. The molecule has 2 rings (SSSR count). The van der Waals surface area contributed by atoms with Gasteiger partial charge in [-0.1, -0.05) is 41.0 Å². The molecule has 0 fully saturated rings. The van der Waals surface area contributed by atoms with Crippen LogP contribution in [0.15, 0.2) is 27.8 Å². The van der Waals surface area contributed by atoms with E-state index < -0.39 is 0 Å². The van der Waals surface area contributed by atoms with Crippen LogP contribution in [-0.2, 0) is 12.2 Å². The lowest BCUT2D eigenvalue weighted by molar-refractivity contribution is 0.408. The van der Waals surface area contributed by atoms with E-state index in [0.29, 0.717) is 33.5 Å². The van der Waals surface area contributed by atoms with Crippen LogP contribution in [0.3, 0.4) is 0 Å². The predicted octanol–water partition coefficient (Wildman–Crippen LogP) is 3.95. The highest BCUT2D eigenvalue weighted by Gasteiger charge is 2.07. The number of benzene rings is 1. The molecule has 20 heavy (non-hydrogen) atoms. The van der Waals surface area contributed by atoms with Gasteiger partial charge >= 0.3 is 0 Å². The average Bonchev–Trinajstić information content (AvgIpc) is 2.88. The summed E-state index contributed by atoms with van der Waals surface area (Å²) in [5.41, 5.74) is 6.50. The molecule has 4 nitrogen and oxygen atoms in total. The zero-order valence-electron chi connectivity index (χ0n) is 10.8. The van der Waals surface area contributed by atoms with Crippen molar-refractivity contribution in [2.24, 2.45) is 5.73 Å². The summed E-state index contributed by atoms with van der Waals surface area (Å²) < 4.78 is 5.55. The lowest BCUT2D eigenvalue weighted by Gasteiger charge is -2.00. The normalized spacial score (nSPS) is 10.9. The van der Waals surface area contributed by atoms with Crippen LogP contribution in [0.5, 0.6) is 0 Å². The van der Waals surface area contributed by atoms with Gasteiger partial charge in [-0.2, -0.15) is 0 Å². The Labute approximate surface area is 132 Å². The van der Waals surface area contributed by atoms with Gasteiger partial charge in [-0.25, -0.2) is 0 Å². The molecule has 0 aliphatic carbocycles. The summed E-state index contributed by atoms with van der Waals surface area (Å²) in [7, 11) is 0. The lowest BCUT2D eigenvalue weighted by atomic mass is 10.2. The van der Waals surface area contributed by atoms with Gasteiger partial charge in [-0.05, 0) is 37.1 Å². The Hall–Kier alpha value is -0.750. The van der Waals surface area contributed by atoms with Crippen molar-refractivity contribution in [3.05, 3.63) is 39.7 Å². The van der Waals surface area contributed by atoms with Crippen LogP contribution < -0.4 is 5.73 Å². The van der Waals surface area contributed by atoms with E-state index in [0.717, 1.165) is 24.8 Å². The minimum absolute atomic E-state index is 0.553. The van der Waals surface area contributed by atoms with E-state index in [1.54, 1.807) is 6.07 Å². The summed E-state index contributed by atoms with van der Waals surface area (Å²) in [5, 5.41) is 9.69. The minimum atomic E-state index is 0.553. The Morgan fingerprint density at radius 1 is 1.15 bits per heavy atom. The molecular weight excluding hydrogens is 317 g/mol. The fourth-order valence-corrected chi connectivity index (χ4v) is 2.64. The number of hydrogen-bond donors (Lipinski definition) is 1. The summed E-state index contributed by atoms with van der Waals surface area (Å²) in [5.74, 6) is 1.37. The maximum Gasteiger partial charge on any atom is 0.276 e. The molecule has 108 valence electrons. The summed E-state index contributed by atoms with van der Waals surface area (Å²) in [6.07, 6.45) is 2.71. The second-order valence-electron chi connectivity index (χ2n) is 4.24. The molecule has 0 aliphatic rings. The van der Waals surface area contributed by atoms with Crippen LogP contribution in [0, 0.1) is 0 Å². The highest BCUT2D eigenvalue weighted by atomic mass is 35.5. The van der Waals surface area contributed by atoms with E-state index >= 15 is 0 Å². The Morgan fingerprint density at radius 3 is 2.75 bits per heavy atom. The third kappa shape index (κ3) is 4.66. The number of halogens is 2.